The zero-order valence-corrected chi connectivity index (χ0v) is 26.1. The Balaban J connectivity index is 1.42. The Hall–Kier alpha value is -6.38. The quantitative estimate of drug-likeness (QED) is 0.184. The van der Waals surface area contributed by atoms with Crippen LogP contribution in [0, 0.1) is 0 Å². The SMILES string of the molecule is c1ccc(-c2ccc(N(c3ccccc3)c3cc4ccccc4c4ccccc34)c3c2oc2c4ccccc4c4ccccc4c23)cc1. The Labute approximate surface area is 277 Å². The second-order valence-electron chi connectivity index (χ2n) is 12.4. The van der Waals surface area contributed by atoms with Gasteiger partial charge in [0.1, 0.15) is 11.2 Å². The number of anilines is 3. The van der Waals surface area contributed by atoms with Crippen LogP contribution in [-0.4, -0.2) is 0 Å². The van der Waals surface area contributed by atoms with Gasteiger partial charge in [-0.2, -0.15) is 0 Å². The molecule has 0 amide bonds. The van der Waals surface area contributed by atoms with Crippen molar-refractivity contribution in [2.24, 2.45) is 0 Å². The van der Waals surface area contributed by atoms with Crippen LogP contribution in [0.2, 0.25) is 0 Å². The molecule has 0 bridgehead atoms. The minimum absolute atomic E-state index is 0.890. The van der Waals surface area contributed by atoms with Gasteiger partial charge in [-0.1, -0.05) is 146 Å². The highest BCUT2D eigenvalue weighted by Gasteiger charge is 2.26. The van der Waals surface area contributed by atoms with Crippen LogP contribution in [-0.2, 0) is 0 Å². The first-order valence-electron chi connectivity index (χ1n) is 16.4. The lowest BCUT2D eigenvalue weighted by molar-refractivity contribution is 0.674. The van der Waals surface area contributed by atoms with Crippen molar-refractivity contribution in [2.75, 3.05) is 4.90 Å². The van der Waals surface area contributed by atoms with Crippen molar-refractivity contribution in [1.29, 1.82) is 0 Å². The van der Waals surface area contributed by atoms with E-state index in [-0.39, 0.29) is 0 Å². The molecule has 0 atom stereocenters. The molecule has 0 spiro atoms. The van der Waals surface area contributed by atoms with Gasteiger partial charge in [0.15, 0.2) is 0 Å². The molecule has 224 valence electrons. The first-order valence-corrected chi connectivity index (χ1v) is 16.4. The highest BCUT2D eigenvalue weighted by atomic mass is 16.3. The van der Waals surface area contributed by atoms with Gasteiger partial charge in [-0.05, 0) is 68.2 Å². The molecule has 0 saturated heterocycles. The Kier molecular flexibility index (Phi) is 5.91. The van der Waals surface area contributed by atoms with E-state index >= 15 is 0 Å². The van der Waals surface area contributed by atoms with E-state index in [0.29, 0.717) is 0 Å². The molecule has 0 N–H and O–H groups in total. The van der Waals surface area contributed by atoms with Crippen LogP contribution in [0.15, 0.2) is 180 Å². The van der Waals surface area contributed by atoms with Crippen molar-refractivity contribution in [3.63, 3.8) is 0 Å². The van der Waals surface area contributed by atoms with Gasteiger partial charge in [-0.3, -0.25) is 0 Å². The van der Waals surface area contributed by atoms with E-state index in [0.717, 1.165) is 55.5 Å². The fourth-order valence-corrected chi connectivity index (χ4v) is 7.72. The average Bonchev–Trinajstić information content (AvgIpc) is 3.58. The topological polar surface area (TPSA) is 16.4 Å². The summed E-state index contributed by atoms with van der Waals surface area (Å²) in [4.78, 5) is 2.44. The van der Waals surface area contributed by atoms with Crippen LogP contribution < -0.4 is 4.90 Å². The van der Waals surface area contributed by atoms with Crippen molar-refractivity contribution in [1.82, 2.24) is 0 Å². The number of fused-ring (bicyclic) bond motifs is 11. The van der Waals surface area contributed by atoms with Gasteiger partial charge in [0, 0.05) is 27.4 Å². The van der Waals surface area contributed by atoms with Crippen LogP contribution in [0.25, 0.3) is 76.2 Å². The predicted octanol–water partition coefficient (Wildman–Crippen LogP) is 13.3. The Morgan fingerprint density at radius 2 is 0.896 bits per heavy atom. The lowest BCUT2D eigenvalue weighted by Crippen LogP contribution is -2.11. The number of hydrogen-bond donors (Lipinski definition) is 0. The predicted molar refractivity (Wildman–Crippen MR) is 204 cm³/mol. The Morgan fingerprint density at radius 1 is 0.354 bits per heavy atom. The van der Waals surface area contributed by atoms with E-state index in [1.165, 1.54) is 37.7 Å². The maximum absolute atomic E-state index is 7.15. The summed E-state index contributed by atoms with van der Waals surface area (Å²) in [5.74, 6) is 0. The maximum Gasteiger partial charge on any atom is 0.145 e. The molecule has 10 rings (SSSR count). The third kappa shape index (κ3) is 3.93. The summed E-state index contributed by atoms with van der Waals surface area (Å²) < 4.78 is 7.15. The molecule has 9 aromatic carbocycles. The van der Waals surface area contributed by atoms with Crippen molar-refractivity contribution in [3.05, 3.63) is 176 Å². The van der Waals surface area contributed by atoms with Crippen molar-refractivity contribution < 1.29 is 4.42 Å². The van der Waals surface area contributed by atoms with Gasteiger partial charge in [0.25, 0.3) is 0 Å². The fourth-order valence-electron chi connectivity index (χ4n) is 7.72. The third-order valence-corrected chi connectivity index (χ3v) is 9.80. The molecule has 0 saturated carbocycles. The smallest absolute Gasteiger partial charge is 0.145 e. The molecule has 0 unspecified atom stereocenters. The van der Waals surface area contributed by atoms with Gasteiger partial charge in [0.05, 0.1) is 16.8 Å². The van der Waals surface area contributed by atoms with Gasteiger partial charge in [0.2, 0.25) is 0 Å². The zero-order valence-electron chi connectivity index (χ0n) is 26.1. The normalized spacial score (nSPS) is 11.8. The first kappa shape index (κ1) is 26.8. The Morgan fingerprint density at radius 3 is 1.62 bits per heavy atom. The van der Waals surface area contributed by atoms with Gasteiger partial charge >= 0.3 is 0 Å². The lowest BCUT2D eigenvalue weighted by Gasteiger charge is -2.28. The number of benzene rings is 9. The van der Waals surface area contributed by atoms with Crippen molar-refractivity contribution in [2.45, 2.75) is 0 Å². The third-order valence-electron chi connectivity index (χ3n) is 9.80. The highest BCUT2D eigenvalue weighted by molar-refractivity contribution is 6.33. The second-order valence-corrected chi connectivity index (χ2v) is 12.4. The zero-order chi connectivity index (χ0) is 31.6. The van der Waals surface area contributed by atoms with Crippen LogP contribution in [0.4, 0.5) is 17.1 Å². The molecule has 1 heterocycles. The maximum atomic E-state index is 7.15. The van der Waals surface area contributed by atoms with E-state index in [1.54, 1.807) is 0 Å². The number of nitrogens with zero attached hydrogens (tertiary/aromatic N) is 1. The second kappa shape index (κ2) is 10.6. The number of rotatable bonds is 4. The van der Waals surface area contributed by atoms with Gasteiger partial charge in [-0.15, -0.1) is 0 Å². The van der Waals surface area contributed by atoms with Gasteiger partial charge in [-0.25, -0.2) is 0 Å². The standard InChI is InChI=1S/C46H29NO/c1-3-15-30(16-4-1)34-27-28-41(44-43-39-25-13-10-22-36(39)37-23-11-14-26-40(37)46(43)48-45(34)44)47(32-18-5-2-6-19-32)42-29-31-17-7-8-20-33(31)35-21-9-12-24-38(35)42/h1-29H. The molecule has 0 aliphatic rings. The lowest BCUT2D eigenvalue weighted by atomic mass is 9.94. The fraction of sp³-hybridized carbons (Fsp3) is 0. The average molecular weight is 612 g/mol. The van der Waals surface area contributed by atoms with Crippen molar-refractivity contribution in [3.8, 4) is 11.1 Å². The van der Waals surface area contributed by atoms with E-state index in [2.05, 4.69) is 181 Å². The van der Waals surface area contributed by atoms with Crippen molar-refractivity contribution >= 4 is 82.1 Å². The summed E-state index contributed by atoms with van der Waals surface area (Å²) in [5, 5.41) is 11.9. The summed E-state index contributed by atoms with van der Waals surface area (Å²) in [6, 6.07) is 63.1. The molecule has 2 heteroatoms. The van der Waals surface area contributed by atoms with Crippen LogP contribution >= 0.6 is 0 Å². The number of para-hydroxylation sites is 1. The molecule has 48 heavy (non-hydrogen) atoms. The van der Waals surface area contributed by atoms with E-state index in [4.69, 9.17) is 4.42 Å². The molecule has 0 aliphatic carbocycles. The molecule has 1 aromatic heterocycles. The molecular weight excluding hydrogens is 583 g/mol. The molecule has 10 aromatic rings. The molecule has 0 radical (unpaired) electrons. The summed E-state index contributed by atoms with van der Waals surface area (Å²) in [6.07, 6.45) is 0. The summed E-state index contributed by atoms with van der Waals surface area (Å²) in [7, 11) is 0. The molecule has 0 aliphatic heterocycles. The summed E-state index contributed by atoms with van der Waals surface area (Å²) in [6.45, 7) is 0. The molecular formula is C46H29NO. The van der Waals surface area contributed by atoms with E-state index in [9.17, 15) is 0 Å². The molecule has 2 nitrogen and oxygen atoms in total. The Bertz CT molecular complexity index is 2830. The highest BCUT2D eigenvalue weighted by Crippen LogP contribution is 2.51. The summed E-state index contributed by atoms with van der Waals surface area (Å²) >= 11 is 0. The minimum atomic E-state index is 0.890. The first-order chi connectivity index (χ1) is 23.8. The number of furan rings is 1. The largest absolute Gasteiger partial charge is 0.455 e. The van der Waals surface area contributed by atoms with Crippen LogP contribution in [0.1, 0.15) is 0 Å². The minimum Gasteiger partial charge on any atom is -0.455 e. The molecule has 0 fully saturated rings. The summed E-state index contributed by atoms with van der Waals surface area (Å²) in [5.41, 5.74) is 7.31. The monoisotopic (exact) mass is 611 g/mol. The van der Waals surface area contributed by atoms with Crippen LogP contribution in [0.3, 0.4) is 0 Å². The van der Waals surface area contributed by atoms with Gasteiger partial charge < -0.3 is 9.32 Å². The van der Waals surface area contributed by atoms with Crippen LogP contribution in [0.5, 0.6) is 0 Å². The number of hydrogen-bond acceptors (Lipinski definition) is 2. The van der Waals surface area contributed by atoms with E-state index in [1.807, 2.05) is 0 Å². The van der Waals surface area contributed by atoms with E-state index < -0.39 is 0 Å².